The number of β-amino-alcohol motifs (C(OH)–C–C–N with tert-alkyl or cyclic N) is 1. The molecule has 0 atom stereocenters. The summed E-state index contributed by atoms with van der Waals surface area (Å²) < 4.78 is 7.84. The number of aliphatic hydroxyl groups is 1. The molecule has 3 heterocycles. The number of benzene rings is 1. The van der Waals surface area contributed by atoms with Crippen LogP contribution in [-0.4, -0.2) is 56.8 Å². The van der Waals surface area contributed by atoms with Gasteiger partial charge in [-0.05, 0) is 25.0 Å². The van der Waals surface area contributed by atoms with Crippen molar-refractivity contribution in [2.24, 2.45) is 0 Å². The maximum atomic E-state index is 9.09. The van der Waals surface area contributed by atoms with Crippen molar-refractivity contribution in [2.45, 2.75) is 32.4 Å². The van der Waals surface area contributed by atoms with Crippen LogP contribution in [0.4, 0.5) is 5.95 Å². The molecule has 0 spiro atoms. The average Bonchev–Trinajstić information content (AvgIpc) is 3.21. The predicted molar refractivity (Wildman–Crippen MR) is 100 cm³/mol. The topological polar surface area (TPSA) is 79.4 Å². The van der Waals surface area contributed by atoms with Gasteiger partial charge >= 0.3 is 0 Å². The van der Waals surface area contributed by atoms with Crippen LogP contribution in [0.3, 0.4) is 0 Å². The van der Waals surface area contributed by atoms with Crippen LogP contribution in [0.1, 0.15) is 24.5 Å². The van der Waals surface area contributed by atoms with E-state index < -0.39 is 0 Å². The molecule has 4 rings (SSSR count). The molecule has 1 aliphatic heterocycles. The number of oxazole rings is 1. The molecular formula is C19H25N5O2. The van der Waals surface area contributed by atoms with E-state index in [1.807, 2.05) is 25.1 Å². The van der Waals surface area contributed by atoms with Crippen LogP contribution in [0.2, 0.25) is 0 Å². The van der Waals surface area contributed by atoms with Gasteiger partial charge in [0.2, 0.25) is 5.95 Å². The van der Waals surface area contributed by atoms with Gasteiger partial charge in [0.05, 0.1) is 30.4 Å². The van der Waals surface area contributed by atoms with Gasteiger partial charge in [-0.25, -0.2) is 9.97 Å². The zero-order valence-corrected chi connectivity index (χ0v) is 15.1. The molecule has 7 heteroatoms. The normalized spacial score (nSPS) is 16.4. The van der Waals surface area contributed by atoms with E-state index in [1.165, 1.54) is 0 Å². The summed E-state index contributed by atoms with van der Waals surface area (Å²) in [6.45, 7) is 5.45. The van der Waals surface area contributed by atoms with Crippen molar-refractivity contribution in [3.8, 4) is 0 Å². The summed E-state index contributed by atoms with van der Waals surface area (Å²) in [6, 6.07) is 8.54. The third kappa shape index (κ3) is 3.59. The van der Waals surface area contributed by atoms with Gasteiger partial charge < -0.3 is 24.3 Å². The lowest BCUT2D eigenvalue weighted by Gasteiger charge is -2.32. The van der Waals surface area contributed by atoms with Crippen LogP contribution in [0, 0.1) is 6.92 Å². The molecule has 1 saturated heterocycles. The van der Waals surface area contributed by atoms with Gasteiger partial charge in [-0.15, -0.1) is 0 Å². The summed E-state index contributed by atoms with van der Waals surface area (Å²) in [5.41, 5.74) is 2.06. The predicted octanol–water partition coefficient (Wildman–Crippen LogP) is 2.25. The van der Waals surface area contributed by atoms with E-state index in [0.29, 0.717) is 18.5 Å². The van der Waals surface area contributed by atoms with E-state index >= 15 is 0 Å². The van der Waals surface area contributed by atoms with Gasteiger partial charge in [-0.1, -0.05) is 12.1 Å². The van der Waals surface area contributed by atoms with Crippen LogP contribution in [0.15, 0.2) is 34.9 Å². The zero-order chi connectivity index (χ0) is 17.9. The fourth-order valence-corrected chi connectivity index (χ4v) is 3.60. The lowest BCUT2D eigenvalue weighted by Crippen LogP contribution is -2.40. The number of hydrogen-bond donors (Lipinski definition) is 2. The van der Waals surface area contributed by atoms with Gasteiger partial charge in [-0.2, -0.15) is 0 Å². The Balaban J connectivity index is 1.55. The summed E-state index contributed by atoms with van der Waals surface area (Å²) in [4.78, 5) is 11.3. The van der Waals surface area contributed by atoms with E-state index in [9.17, 15) is 0 Å². The minimum absolute atomic E-state index is 0.227. The van der Waals surface area contributed by atoms with Gasteiger partial charge in [0.25, 0.3) is 0 Å². The Bertz CT molecular complexity index is 864. The number of piperidine rings is 1. The van der Waals surface area contributed by atoms with Crippen molar-refractivity contribution in [1.82, 2.24) is 19.4 Å². The Hall–Kier alpha value is -2.38. The molecule has 26 heavy (non-hydrogen) atoms. The average molecular weight is 355 g/mol. The standard InChI is InChI=1S/C19H25N5O2/c1-14-20-12-16(26-14)13-24-18-5-3-2-4-17(18)22-19(24)21-15-6-8-23(9-7-15)10-11-25/h2-5,12,15,25H,6-11,13H2,1H3,(H,21,22). The molecule has 138 valence electrons. The monoisotopic (exact) mass is 355 g/mol. The van der Waals surface area contributed by atoms with Gasteiger partial charge in [0, 0.05) is 32.6 Å². The molecule has 1 aromatic carbocycles. The number of hydrogen-bond acceptors (Lipinski definition) is 6. The molecule has 0 amide bonds. The van der Waals surface area contributed by atoms with Crippen molar-refractivity contribution in [3.05, 3.63) is 42.1 Å². The molecule has 1 aliphatic rings. The third-order valence-corrected chi connectivity index (χ3v) is 4.97. The molecule has 0 saturated carbocycles. The largest absolute Gasteiger partial charge is 0.444 e. The van der Waals surface area contributed by atoms with Gasteiger partial charge in [0.15, 0.2) is 5.89 Å². The first kappa shape index (κ1) is 17.1. The number of fused-ring (bicyclic) bond motifs is 1. The summed E-state index contributed by atoms with van der Waals surface area (Å²) in [5.74, 6) is 2.38. The van der Waals surface area contributed by atoms with E-state index in [0.717, 1.165) is 55.2 Å². The third-order valence-electron chi connectivity index (χ3n) is 4.97. The van der Waals surface area contributed by atoms with Crippen molar-refractivity contribution < 1.29 is 9.52 Å². The molecule has 3 aromatic rings. The highest BCUT2D eigenvalue weighted by Gasteiger charge is 2.21. The molecule has 0 radical (unpaired) electrons. The van der Waals surface area contributed by atoms with E-state index in [2.05, 4.69) is 25.8 Å². The number of likely N-dealkylation sites (tertiary alicyclic amines) is 1. The Labute approximate surface area is 152 Å². The van der Waals surface area contributed by atoms with Crippen LogP contribution in [0.25, 0.3) is 11.0 Å². The van der Waals surface area contributed by atoms with Crippen molar-refractivity contribution in [3.63, 3.8) is 0 Å². The maximum absolute atomic E-state index is 9.09. The fourth-order valence-electron chi connectivity index (χ4n) is 3.60. The van der Waals surface area contributed by atoms with Crippen LogP contribution in [0.5, 0.6) is 0 Å². The minimum atomic E-state index is 0.227. The van der Waals surface area contributed by atoms with Crippen LogP contribution in [-0.2, 0) is 6.54 Å². The fraction of sp³-hybridized carbons (Fsp3) is 0.474. The molecular weight excluding hydrogens is 330 g/mol. The lowest BCUT2D eigenvalue weighted by atomic mass is 10.1. The number of aromatic nitrogens is 3. The molecule has 0 aliphatic carbocycles. The number of rotatable bonds is 6. The first-order chi connectivity index (χ1) is 12.7. The van der Waals surface area contributed by atoms with Crippen molar-refractivity contribution in [1.29, 1.82) is 0 Å². The molecule has 0 bridgehead atoms. The van der Waals surface area contributed by atoms with Gasteiger partial charge in [0.1, 0.15) is 5.76 Å². The molecule has 0 unspecified atom stereocenters. The Kier molecular flexibility index (Phi) is 4.90. The summed E-state index contributed by atoms with van der Waals surface area (Å²) in [5, 5.41) is 12.7. The Morgan fingerprint density at radius 1 is 1.27 bits per heavy atom. The zero-order valence-electron chi connectivity index (χ0n) is 15.1. The Morgan fingerprint density at radius 2 is 2.08 bits per heavy atom. The number of para-hydroxylation sites is 2. The number of anilines is 1. The second kappa shape index (κ2) is 7.47. The summed E-state index contributed by atoms with van der Waals surface area (Å²) in [7, 11) is 0. The SMILES string of the molecule is Cc1ncc(Cn2c(NC3CCN(CCO)CC3)nc3ccccc32)o1. The maximum Gasteiger partial charge on any atom is 0.204 e. The number of imidazole rings is 1. The van der Waals surface area contributed by atoms with Crippen molar-refractivity contribution >= 4 is 17.0 Å². The molecule has 7 nitrogen and oxygen atoms in total. The highest BCUT2D eigenvalue weighted by Crippen LogP contribution is 2.24. The second-order valence-corrected chi connectivity index (χ2v) is 6.84. The minimum Gasteiger partial charge on any atom is -0.444 e. The summed E-state index contributed by atoms with van der Waals surface area (Å²) in [6.07, 6.45) is 3.87. The summed E-state index contributed by atoms with van der Waals surface area (Å²) >= 11 is 0. The van der Waals surface area contributed by atoms with Gasteiger partial charge in [-0.3, -0.25) is 0 Å². The first-order valence-electron chi connectivity index (χ1n) is 9.19. The van der Waals surface area contributed by atoms with Crippen LogP contribution < -0.4 is 5.32 Å². The molecule has 2 N–H and O–H groups in total. The van der Waals surface area contributed by atoms with E-state index in [4.69, 9.17) is 14.5 Å². The molecule has 1 fully saturated rings. The second-order valence-electron chi connectivity index (χ2n) is 6.84. The highest BCUT2D eigenvalue weighted by molar-refractivity contribution is 5.78. The van der Waals surface area contributed by atoms with E-state index in [1.54, 1.807) is 6.20 Å². The van der Waals surface area contributed by atoms with Crippen LogP contribution >= 0.6 is 0 Å². The quantitative estimate of drug-likeness (QED) is 0.706. The van der Waals surface area contributed by atoms with Crippen molar-refractivity contribution in [2.75, 3.05) is 31.6 Å². The number of aliphatic hydroxyl groups excluding tert-OH is 1. The number of aryl methyl sites for hydroxylation is 1. The molecule has 2 aromatic heterocycles. The number of nitrogens with zero attached hydrogens (tertiary/aromatic N) is 4. The Morgan fingerprint density at radius 3 is 2.81 bits per heavy atom. The van der Waals surface area contributed by atoms with E-state index in [-0.39, 0.29) is 6.61 Å². The highest BCUT2D eigenvalue weighted by atomic mass is 16.4. The smallest absolute Gasteiger partial charge is 0.204 e. The lowest BCUT2D eigenvalue weighted by molar-refractivity contribution is 0.168. The number of nitrogens with one attached hydrogen (secondary N) is 1. The first-order valence-corrected chi connectivity index (χ1v) is 9.19.